The quantitative estimate of drug-likeness (QED) is 0.765. The summed E-state index contributed by atoms with van der Waals surface area (Å²) in [4.78, 5) is 7.58. The van der Waals surface area contributed by atoms with Gasteiger partial charge in [-0.1, -0.05) is 0 Å². The molecular formula is C14H30N4. The third-order valence-electron chi connectivity index (χ3n) is 4.66. The van der Waals surface area contributed by atoms with Gasteiger partial charge in [-0.2, -0.15) is 0 Å². The predicted molar refractivity (Wildman–Crippen MR) is 76.8 cm³/mol. The molecule has 18 heavy (non-hydrogen) atoms. The van der Waals surface area contributed by atoms with Crippen molar-refractivity contribution in [3.05, 3.63) is 0 Å². The summed E-state index contributed by atoms with van der Waals surface area (Å²) >= 11 is 0. The molecule has 2 fully saturated rings. The van der Waals surface area contributed by atoms with Crippen molar-refractivity contribution in [2.75, 3.05) is 59.9 Å². The molecule has 4 heteroatoms. The highest BCUT2D eigenvalue weighted by molar-refractivity contribution is 4.82. The van der Waals surface area contributed by atoms with Crippen LogP contribution in [0.4, 0.5) is 0 Å². The van der Waals surface area contributed by atoms with Crippen molar-refractivity contribution >= 4 is 0 Å². The van der Waals surface area contributed by atoms with Crippen LogP contribution in [0.3, 0.4) is 0 Å². The number of hydrogen-bond donors (Lipinski definition) is 1. The second-order valence-corrected chi connectivity index (χ2v) is 6.22. The standard InChI is InChI=1S/C14H30N4/c1-16-7-3-13(11-16)12-17(2)14-4-8-18(9-5-14)10-6-15/h13-14H,3-12,15H2,1-2H3. The third-order valence-corrected chi connectivity index (χ3v) is 4.66. The maximum Gasteiger partial charge on any atom is 0.0117 e. The molecule has 2 saturated heterocycles. The minimum Gasteiger partial charge on any atom is -0.329 e. The van der Waals surface area contributed by atoms with Crippen LogP contribution in [0.1, 0.15) is 19.3 Å². The summed E-state index contributed by atoms with van der Waals surface area (Å²) in [6.07, 6.45) is 4.02. The average Bonchev–Trinajstić information content (AvgIpc) is 2.76. The largest absolute Gasteiger partial charge is 0.329 e. The van der Waals surface area contributed by atoms with Crippen molar-refractivity contribution in [3.8, 4) is 0 Å². The van der Waals surface area contributed by atoms with Crippen LogP contribution in [0.5, 0.6) is 0 Å². The van der Waals surface area contributed by atoms with E-state index in [9.17, 15) is 0 Å². The van der Waals surface area contributed by atoms with Gasteiger partial charge in [-0.25, -0.2) is 0 Å². The summed E-state index contributed by atoms with van der Waals surface area (Å²) in [6.45, 7) is 8.20. The van der Waals surface area contributed by atoms with Crippen LogP contribution < -0.4 is 5.73 Å². The zero-order valence-electron chi connectivity index (χ0n) is 12.1. The number of nitrogens with zero attached hydrogens (tertiary/aromatic N) is 3. The van der Waals surface area contributed by atoms with E-state index in [2.05, 4.69) is 28.8 Å². The number of rotatable bonds is 5. The molecule has 1 atom stereocenters. The Morgan fingerprint density at radius 3 is 2.44 bits per heavy atom. The first-order chi connectivity index (χ1) is 8.69. The van der Waals surface area contributed by atoms with E-state index in [1.165, 1.54) is 52.0 Å². The van der Waals surface area contributed by atoms with E-state index in [1.54, 1.807) is 0 Å². The zero-order chi connectivity index (χ0) is 13.0. The first kappa shape index (κ1) is 14.3. The molecule has 4 nitrogen and oxygen atoms in total. The zero-order valence-corrected chi connectivity index (χ0v) is 12.1. The van der Waals surface area contributed by atoms with E-state index in [0.717, 1.165) is 25.0 Å². The van der Waals surface area contributed by atoms with Crippen molar-refractivity contribution in [1.29, 1.82) is 0 Å². The van der Waals surface area contributed by atoms with Gasteiger partial charge >= 0.3 is 0 Å². The molecule has 0 spiro atoms. The summed E-state index contributed by atoms with van der Waals surface area (Å²) in [5, 5.41) is 0. The van der Waals surface area contributed by atoms with Gasteiger partial charge in [0.2, 0.25) is 0 Å². The normalized spacial score (nSPS) is 28.3. The number of hydrogen-bond acceptors (Lipinski definition) is 4. The van der Waals surface area contributed by atoms with Gasteiger partial charge in [-0.3, -0.25) is 0 Å². The molecule has 0 aromatic rings. The van der Waals surface area contributed by atoms with Crippen LogP contribution in [0, 0.1) is 5.92 Å². The van der Waals surface area contributed by atoms with Gasteiger partial charge < -0.3 is 20.4 Å². The smallest absolute Gasteiger partial charge is 0.0117 e. The van der Waals surface area contributed by atoms with Gasteiger partial charge in [0, 0.05) is 32.2 Å². The third kappa shape index (κ3) is 3.92. The predicted octanol–water partition coefficient (Wildman–Crippen LogP) is 0.293. The fraction of sp³-hybridized carbons (Fsp3) is 1.00. The summed E-state index contributed by atoms with van der Waals surface area (Å²) in [6, 6.07) is 0.796. The Morgan fingerprint density at radius 2 is 1.89 bits per heavy atom. The lowest BCUT2D eigenvalue weighted by Crippen LogP contribution is -2.46. The molecule has 0 radical (unpaired) electrons. The van der Waals surface area contributed by atoms with Gasteiger partial charge in [0.25, 0.3) is 0 Å². The van der Waals surface area contributed by atoms with E-state index in [-0.39, 0.29) is 0 Å². The van der Waals surface area contributed by atoms with Gasteiger partial charge in [0.05, 0.1) is 0 Å². The maximum absolute atomic E-state index is 5.62. The van der Waals surface area contributed by atoms with Crippen molar-refractivity contribution in [2.45, 2.75) is 25.3 Å². The molecule has 0 aromatic heterocycles. The van der Waals surface area contributed by atoms with E-state index in [1.807, 2.05) is 0 Å². The maximum atomic E-state index is 5.62. The van der Waals surface area contributed by atoms with Crippen LogP contribution in [0.15, 0.2) is 0 Å². The molecule has 2 aliphatic heterocycles. The second-order valence-electron chi connectivity index (χ2n) is 6.22. The highest BCUT2D eigenvalue weighted by Crippen LogP contribution is 2.20. The summed E-state index contributed by atoms with van der Waals surface area (Å²) in [5.41, 5.74) is 5.62. The van der Waals surface area contributed by atoms with Crippen molar-refractivity contribution in [1.82, 2.24) is 14.7 Å². The van der Waals surface area contributed by atoms with Crippen LogP contribution in [0.25, 0.3) is 0 Å². The Labute approximate surface area is 112 Å². The molecule has 0 amide bonds. The van der Waals surface area contributed by atoms with E-state index < -0.39 is 0 Å². The van der Waals surface area contributed by atoms with Crippen molar-refractivity contribution < 1.29 is 0 Å². The molecule has 0 bridgehead atoms. The molecule has 2 aliphatic rings. The number of nitrogens with two attached hydrogens (primary N) is 1. The number of piperidine rings is 1. The Bertz CT molecular complexity index is 238. The van der Waals surface area contributed by atoms with Crippen LogP contribution >= 0.6 is 0 Å². The topological polar surface area (TPSA) is 35.7 Å². The lowest BCUT2D eigenvalue weighted by atomic mass is 10.0. The number of likely N-dealkylation sites (tertiary alicyclic amines) is 2. The fourth-order valence-corrected chi connectivity index (χ4v) is 3.50. The lowest BCUT2D eigenvalue weighted by molar-refractivity contribution is 0.118. The minimum atomic E-state index is 0.796. The van der Waals surface area contributed by atoms with Gasteiger partial charge in [-0.15, -0.1) is 0 Å². The van der Waals surface area contributed by atoms with Crippen molar-refractivity contribution in [2.24, 2.45) is 11.7 Å². The van der Waals surface area contributed by atoms with Crippen LogP contribution in [-0.2, 0) is 0 Å². The summed E-state index contributed by atoms with van der Waals surface area (Å²) in [7, 11) is 4.56. The van der Waals surface area contributed by atoms with Crippen LogP contribution in [0.2, 0.25) is 0 Å². The molecule has 2 heterocycles. The Balaban J connectivity index is 1.69. The molecule has 106 valence electrons. The molecule has 1 unspecified atom stereocenters. The molecule has 2 rings (SSSR count). The Morgan fingerprint density at radius 1 is 1.17 bits per heavy atom. The second kappa shape index (κ2) is 6.85. The molecule has 0 aliphatic carbocycles. The highest BCUT2D eigenvalue weighted by Gasteiger charge is 2.26. The molecule has 0 aromatic carbocycles. The molecule has 2 N–H and O–H groups in total. The van der Waals surface area contributed by atoms with Gasteiger partial charge in [-0.05, 0) is 58.9 Å². The van der Waals surface area contributed by atoms with Crippen molar-refractivity contribution in [3.63, 3.8) is 0 Å². The summed E-state index contributed by atoms with van der Waals surface area (Å²) in [5.74, 6) is 0.891. The van der Waals surface area contributed by atoms with Crippen LogP contribution in [-0.4, -0.2) is 80.7 Å². The first-order valence-electron chi connectivity index (χ1n) is 7.50. The lowest BCUT2D eigenvalue weighted by Gasteiger charge is -2.37. The Kier molecular flexibility index (Phi) is 5.42. The average molecular weight is 254 g/mol. The van der Waals surface area contributed by atoms with E-state index in [4.69, 9.17) is 5.73 Å². The SMILES string of the molecule is CN1CCC(CN(C)C2CCN(CCN)CC2)C1. The highest BCUT2D eigenvalue weighted by atomic mass is 15.2. The van der Waals surface area contributed by atoms with E-state index >= 15 is 0 Å². The first-order valence-corrected chi connectivity index (χ1v) is 7.50. The Hall–Kier alpha value is -0.160. The fourth-order valence-electron chi connectivity index (χ4n) is 3.50. The van der Waals surface area contributed by atoms with E-state index in [0.29, 0.717) is 0 Å². The molecular weight excluding hydrogens is 224 g/mol. The molecule has 0 saturated carbocycles. The monoisotopic (exact) mass is 254 g/mol. The minimum absolute atomic E-state index is 0.796. The van der Waals surface area contributed by atoms with Gasteiger partial charge in [0.15, 0.2) is 0 Å². The van der Waals surface area contributed by atoms with Gasteiger partial charge in [0.1, 0.15) is 0 Å². The summed E-state index contributed by atoms with van der Waals surface area (Å²) < 4.78 is 0.